The highest BCUT2D eigenvalue weighted by molar-refractivity contribution is 6.31. The van der Waals surface area contributed by atoms with Gasteiger partial charge in [0.2, 0.25) is 11.7 Å². The summed E-state index contributed by atoms with van der Waals surface area (Å²) in [5, 5.41) is 11.2. The molecule has 0 radical (unpaired) electrons. The molecule has 1 amide bonds. The number of aromatic nitrogens is 6. The molecule has 4 aromatic heterocycles. The number of halogens is 4. The third kappa shape index (κ3) is 4.50. The van der Waals surface area contributed by atoms with E-state index in [1.165, 1.54) is 18.5 Å². The molecule has 40 heavy (non-hydrogen) atoms. The molecule has 0 fully saturated rings. The highest BCUT2D eigenvalue weighted by Crippen LogP contribution is 2.38. The lowest BCUT2D eigenvalue weighted by Crippen LogP contribution is -2.27. The molecule has 0 aliphatic rings. The lowest BCUT2D eigenvalue weighted by Gasteiger charge is -2.13. The predicted molar refractivity (Wildman–Crippen MR) is 146 cm³/mol. The summed E-state index contributed by atoms with van der Waals surface area (Å²) in [6.07, 6.45) is 0.128. The van der Waals surface area contributed by atoms with Crippen molar-refractivity contribution in [2.24, 2.45) is 0 Å². The van der Waals surface area contributed by atoms with Gasteiger partial charge in [-0.05, 0) is 62.1 Å². The van der Waals surface area contributed by atoms with E-state index in [2.05, 4.69) is 25.5 Å². The Morgan fingerprint density at radius 1 is 1.02 bits per heavy atom. The minimum atomic E-state index is -4.64. The number of amides is 1. The van der Waals surface area contributed by atoms with Crippen molar-refractivity contribution < 1.29 is 18.0 Å². The fraction of sp³-hybridized carbons (Fsp3) is 0.148. The van der Waals surface area contributed by atoms with E-state index in [1.54, 1.807) is 46.4 Å². The summed E-state index contributed by atoms with van der Waals surface area (Å²) in [7, 11) is 3.60. The summed E-state index contributed by atoms with van der Waals surface area (Å²) in [4.78, 5) is 22.7. The number of hydrogen-bond donors (Lipinski definition) is 1. The number of anilines is 1. The van der Waals surface area contributed by atoms with E-state index in [0.29, 0.717) is 33.5 Å². The molecule has 0 saturated heterocycles. The van der Waals surface area contributed by atoms with Gasteiger partial charge in [0, 0.05) is 22.8 Å². The van der Waals surface area contributed by atoms with E-state index in [9.17, 15) is 18.0 Å². The lowest BCUT2D eigenvalue weighted by atomic mass is 10.0. The zero-order chi connectivity index (χ0) is 28.2. The molecule has 0 unspecified atom stereocenters. The third-order valence-electron chi connectivity index (χ3n) is 6.37. The maximum atomic E-state index is 13.7. The first-order chi connectivity index (χ1) is 19.1. The number of carbonyl (C=O) groups is 1. The molecular formula is C27H20ClF3N8O. The van der Waals surface area contributed by atoms with Gasteiger partial charge < -0.3 is 10.2 Å². The van der Waals surface area contributed by atoms with Crippen LogP contribution in [0.4, 0.5) is 19.0 Å². The number of nitrogens with one attached hydrogen (secondary N) is 1. The van der Waals surface area contributed by atoms with E-state index in [1.807, 2.05) is 24.3 Å². The molecular weight excluding hydrogens is 545 g/mol. The number of pyridine rings is 2. The van der Waals surface area contributed by atoms with Crippen molar-refractivity contribution >= 4 is 51.0 Å². The fourth-order valence-corrected chi connectivity index (χ4v) is 4.86. The molecule has 6 rings (SSSR count). The van der Waals surface area contributed by atoms with Crippen LogP contribution in [-0.2, 0) is 11.0 Å². The summed E-state index contributed by atoms with van der Waals surface area (Å²) in [6, 6.07) is 12.9. The largest absolute Gasteiger partial charge is 0.417 e. The second-order valence-corrected chi connectivity index (χ2v) is 9.85. The van der Waals surface area contributed by atoms with Crippen molar-refractivity contribution in [2.45, 2.75) is 6.18 Å². The molecule has 2 aromatic carbocycles. The van der Waals surface area contributed by atoms with Crippen molar-refractivity contribution in [2.75, 3.05) is 26.0 Å². The quantitative estimate of drug-likeness (QED) is 0.299. The first-order valence-electron chi connectivity index (χ1n) is 12.0. The number of hydrogen-bond acceptors (Lipinski definition) is 6. The molecule has 0 aliphatic carbocycles. The van der Waals surface area contributed by atoms with Crippen molar-refractivity contribution in [1.82, 2.24) is 34.0 Å². The minimum Gasteiger partial charge on any atom is -0.310 e. The van der Waals surface area contributed by atoms with Crippen LogP contribution in [0.1, 0.15) is 5.56 Å². The molecule has 0 aliphatic heterocycles. The third-order valence-corrected chi connectivity index (χ3v) is 6.70. The Kier molecular flexibility index (Phi) is 6.15. The molecule has 202 valence electrons. The number of imidazole rings is 1. The zero-order valence-corrected chi connectivity index (χ0v) is 21.9. The summed E-state index contributed by atoms with van der Waals surface area (Å²) < 4.78 is 44.4. The Balaban J connectivity index is 1.50. The van der Waals surface area contributed by atoms with Gasteiger partial charge in [-0.2, -0.15) is 13.2 Å². The molecule has 0 spiro atoms. The van der Waals surface area contributed by atoms with E-state index < -0.39 is 16.8 Å². The topological polar surface area (TPSA) is 93.2 Å². The van der Waals surface area contributed by atoms with Gasteiger partial charge in [-0.3, -0.25) is 18.7 Å². The zero-order valence-electron chi connectivity index (χ0n) is 21.1. The normalized spacial score (nSPS) is 12.2. The predicted octanol–water partition coefficient (Wildman–Crippen LogP) is 5.46. The highest BCUT2D eigenvalue weighted by Gasteiger charge is 2.34. The van der Waals surface area contributed by atoms with Crippen LogP contribution in [0, 0.1) is 0 Å². The summed E-state index contributed by atoms with van der Waals surface area (Å²) in [6.45, 7) is 0.230. The summed E-state index contributed by atoms with van der Waals surface area (Å²) >= 11 is 5.90. The van der Waals surface area contributed by atoms with Crippen LogP contribution in [0.2, 0.25) is 5.02 Å². The van der Waals surface area contributed by atoms with Crippen LogP contribution < -0.4 is 5.32 Å². The average molecular weight is 565 g/mol. The molecule has 9 nitrogen and oxygen atoms in total. The molecule has 0 saturated carbocycles. The van der Waals surface area contributed by atoms with Crippen LogP contribution in [0.5, 0.6) is 0 Å². The number of fused-ring (bicyclic) bond motifs is 5. The van der Waals surface area contributed by atoms with Gasteiger partial charge in [0.25, 0.3) is 0 Å². The van der Waals surface area contributed by atoms with E-state index in [-0.39, 0.29) is 18.1 Å². The van der Waals surface area contributed by atoms with Gasteiger partial charge in [0.15, 0.2) is 0 Å². The minimum absolute atomic E-state index is 0.180. The van der Waals surface area contributed by atoms with E-state index in [4.69, 9.17) is 11.6 Å². The number of rotatable bonds is 5. The first-order valence-corrected chi connectivity index (χ1v) is 12.4. The maximum absolute atomic E-state index is 13.7. The number of alkyl halides is 3. The number of benzene rings is 2. The van der Waals surface area contributed by atoms with Crippen LogP contribution >= 0.6 is 11.6 Å². The Morgan fingerprint density at radius 3 is 2.55 bits per heavy atom. The Morgan fingerprint density at radius 2 is 1.82 bits per heavy atom. The molecule has 6 aromatic rings. The number of likely N-dealkylation sites (N-methyl/N-ethyl adjacent to an activating group) is 1. The maximum Gasteiger partial charge on any atom is 0.417 e. The Hall–Kier alpha value is -4.55. The van der Waals surface area contributed by atoms with E-state index >= 15 is 0 Å². The Bertz CT molecular complexity index is 1910. The molecule has 13 heteroatoms. The summed E-state index contributed by atoms with van der Waals surface area (Å²) in [5.41, 5.74) is 2.71. The summed E-state index contributed by atoms with van der Waals surface area (Å²) in [5.74, 6) is 0.566. The molecule has 1 N–H and O–H groups in total. The van der Waals surface area contributed by atoms with Crippen molar-refractivity contribution in [3.63, 3.8) is 0 Å². The van der Waals surface area contributed by atoms with Crippen LogP contribution in [0.15, 0.2) is 67.3 Å². The van der Waals surface area contributed by atoms with Crippen LogP contribution in [-0.4, -0.2) is 60.6 Å². The average Bonchev–Trinajstić information content (AvgIpc) is 3.49. The fourth-order valence-electron chi connectivity index (χ4n) is 4.63. The first kappa shape index (κ1) is 25.7. The number of nitrogens with zero attached hydrogens (tertiary/aromatic N) is 7. The Labute approximate surface area is 229 Å². The van der Waals surface area contributed by atoms with Crippen LogP contribution in [0.3, 0.4) is 0 Å². The highest BCUT2D eigenvalue weighted by atomic mass is 35.5. The number of carbonyl (C=O) groups excluding carboxylic acids is 1. The van der Waals surface area contributed by atoms with Gasteiger partial charge in [-0.1, -0.05) is 17.7 Å². The smallest absolute Gasteiger partial charge is 0.310 e. The molecule has 0 atom stereocenters. The monoisotopic (exact) mass is 564 g/mol. The molecule has 0 bridgehead atoms. The second kappa shape index (κ2) is 9.57. The van der Waals surface area contributed by atoms with Gasteiger partial charge in [0.05, 0.1) is 39.9 Å². The SMILES string of the molecule is CN(C)CC(=O)Nc1ccc(-c2ccc3ncc4c(c3c2)n(-c2ccc(Cl)c(C(F)(F)F)c2)c2nncn42)cn1. The van der Waals surface area contributed by atoms with Gasteiger partial charge in [0.1, 0.15) is 12.1 Å². The van der Waals surface area contributed by atoms with Gasteiger partial charge in [-0.25, -0.2) is 4.98 Å². The standard InChI is InChI=1S/C27H20ClF3N8O/c1-37(2)13-24(40)35-23-8-4-16(11-33-23)15-3-7-21-18(9-15)25-22(12-32-21)38-14-34-36-26(38)39(25)17-5-6-20(28)19(10-17)27(29,30)31/h3-12,14H,13H2,1-2H3,(H,33,35,40). The lowest BCUT2D eigenvalue weighted by molar-refractivity contribution is -0.137. The van der Waals surface area contributed by atoms with Crippen molar-refractivity contribution in [3.8, 4) is 16.8 Å². The van der Waals surface area contributed by atoms with Gasteiger partial charge >= 0.3 is 6.18 Å². The van der Waals surface area contributed by atoms with E-state index in [0.717, 1.165) is 17.2 Å². The second-order valence-electron chi connectivity index (χ2n) is 9.44. The van der Waals surface area contributed by atoms with Crippen LogP contribution in [0.25, 0.3) is 44.5 Å². The van der Waals surface area contributed by atoms with Gasteiger partial charge in [-0.15, -0.1) is 10.2 Å². The molecule has 4 heterocycles. The van der Waals surface area contributed by atoms with Crippen molar-refractivity contribution in [3.05, 3.63) is 77.8 Å². The van der Waals surface area contributed by atoms with Crippen molar-refractivity contribution in [1.29, 1.82) is 0 Å².